The molecule has 1 fully saturated rings. The number of rotatable bonds is 3. The second kappa shape index (κ2) is 4.37. The number of nitrogens with two attached hydrogens (primary N) is 1. The third-order valence-corrected chi connectivity index (χ3v) is 4.40. The Kier molecular flexibility index (Phi) is 2.93. The van der Waals surface area contributed by atoms with Gasteiger partial charge in [-0.3, -0.25) is 4.98 Å². The molecule has 0 radical (unpaired) electrons. The van der Waals surface area contributed by atoms with Crippen LogP contribution >= 0.6 is 15.9 Å². The SMILES string of the molecule is CC(C)(Nc1c(N)cnc2ccc(Br)cc12)C1CC1. The highest BCUT2D eigenvalue weighted by Crippen LogP contribution is 2.43. The predicted molar refractivity (Wildman–Crippen MR) is 84.3 cm³/mol. The maximum absolute atomic E-state index is 6.12. The van der Waals surface area contributed by atoms with Crippen molar-refractivity contribution < 1.29 is 0 Å². The summed E-state index contributed by atoms with van der Waals surface area (Å²) < 4.78 is 1.04. The van der Waals surface area contributed by atoms with Gasteiger partial charge in [0, 0.05) is 15.4 Å². The quantitative estimate of drug-likeness (QED) is 0.892. The molecule has 1 aromatic carbocycles. The number of benzene rings is 1. The third-order valence-electron chi connectivity index (χ3n) is 3.90. The van der Waals surface area contributed by atoms with Gasteiger partial charge in [-0.05, 0) is 50.8 Å². The summed E-state index contributed by atoms with van der Waals surface area (Å²) in [6, 6.07) is 6.08. The summed E-state index contributed by atoms with van der Waals surface area (Å²) >= 11 is 3.52. The molecular formula is C15H18BrN3. The van der Waals surface area contributed by atoms with Crippen LogP contribution in [-0.4, -0.2) is 10.5 Å². The van der Waals surface area contributed by atoms with E-state index in [1.165, 1.54) is 12.8 Å². The van der Waals surface area contributed by atoms with Gasteiger partial charge in [0.05, 0.1) is 23.1 Å². The molecule has 1 aliphatic carbocycles. The molecule has 1 heterocycles. The third kappa shape index (κ3) is 2.41. The van der Waals surface area contributed by atoms with Crippen LogP contribution in [0.4, 0.5) is 11.4 Å². The molecule has 1 saturated carbocycles. The van der Waals surface area contributed by atoms with Gasteiger partial charge in [0.15, 0.2) is 0 Å². The van der Waals surface area contributed by atoms with Gasteiger partial charge in [0.25, 0.3) is 0 Å². The topological polar surface area (TPSA) is 50.9 Å². The number of nitrogen functional groups attached to an aromatic ring is 1. The molecule has 1 aliphatic rings. The van der Waals surface area contributed by atoms with Gasteiger partial charge in [0.1, 0.15) is 0 Å². The normalized spacial score (nSPS) is 15.7. The van der Waals surface area contributed by atoms with Crippen LogP contribution in [0, 0.1) is 5.92 Å². The summed E-state index contributed by atoms with van der Waals surface area (Å²) in [6.07, 6.45) is 4.33. The molecule has 0 unspecified atom stereocenters. The van der Waals surface area contributed by atoms with Crippen molar-refractivity contribution >= 4 is 38.2 Å². The van der Waals surface area contributed by atoms with Crippen LogP contribution in [0.2, 0.25) is 0 Å². The molecule has 0 aliphatic heterocycles. The number of fused-ring (bicyclic) bond motifs is 1. The standard InChI is InChI=1S/C15H18BrN3/c1-15(2,9-3-4-9)19-14-11-7-10(16)5-6-13(11)18-8-12(14)17/h5-9H,3-4,17H2,1-2H3,(H,18,19). The fraction of sp³-hybridized carbons (Fsp3) is 0.400. The van der Waals surface area contributed by atoms with Crippen molar-refractivity contribution in [1.82, 2.24) is 4.98 Å². The van der Waals surface area contributed by atoms with Crippen molar-refractivity contribution in [3.05, 3.63) is 28.9 Å². The Labute approximate surface area is 121 Å². The van der Waals surface area contributed by atoms with Crippen molar-refractivity contribution in [3.63, 3.8) is 0 Å². The van der Waals surface area contributed by atoms with E-state index in [0.717, 1.165) is 27.0 Å². The number of nitrogens with zero attached hydrogens (tertiary/aromatic N) is 1. The highest BCUT2D eigenvalue weighted by molar-refractivity contribution is 9.10. The van der Waals surface area contributed by atoms with Crippen molar-refractivity contribution in [2.75, 3.05) is 11.1 Å². The molecule has 3 N–H and O–H groups in total. The molecule has 2 aromatic rings. The molecular weight excluding hydrogens is 302 g/mol. The lowest BCUT2D eigenvalue weighted by atomic mass is 9.97. The van der Waals surface area contributed by atoms with E-state index in [-0.39, 0.29) is 5.54 Å². The van der Waals surface area contributed by atoms with Crippen LogP contribution in [0.25, 0.3) is 10.9 Å². The molecule has 3 nitrogen and oxygen atoms in total. The van der Waals surface area contributed by atoms with Crippen LogP contribution in [-0.2, 0) is 0 Å². The zero-order valence-electron chi connectivity index (χ0n) is 11.2. The highest BCUT2D eigenvalue weighted by atomic mass is 79.9. The Morgan fingerprint density at radius 3 is 2.79 bits per heavy atom. The van der Waals surface area contributed by atoms with Crippen LogP contribution in [0.5, 0.6) is 0 Å². The van der Waals surface area contributed by atoms with Crippen molar-refractivity contribution in [2.24, 2.45) is 5.92 Å². The van der Waals surface area contributed by atoms with Crippen LogP contribution < -0.4 is 11.1 Å². The fourth-order valence-corrected chi connectivity index (χ4v) is 2.91. The lowest BCUT2D eigenvalue weighted by molar-refractivity contribution is 0.495. The van der Waals surface area contributed by atoms with E-state index in [1.807, 2.05) is 12.1 Å². The van der Waals surface area contributed by atoms with Gasteiger partial charge in [-0.25, -0.2) is 0 Å². The molecule has 100 valence electrons. The zero-order chi connectivity index (χ0) is 13.6. The Bertz CT molecular complexity index is 627. The summed E-state index contributed by atoms with van der Waals surface area (Å²) in [5, 5.41) is 4.71. The van der Waals surface area contributed by atoms with Crippen molar-refractivity contribution in [2.45, 2.75) is 32.2 Å². The number of aromatic nitrogens is 1. The zero-order valence-corrected chi connectivity index (χ0v) is 12.8. The minimum absolute atomic E-state index is 0.0741. The van der Waals surface area contributed by atoms with E-state index in [9.17, 15) is 0 Å². The first-order valence-corrected chi connectivity index (χ1v) is 7.38. The van der Waals surface area contributed by atoms with E-state index >= 15 is 0 Å². The monoisotopic (exact) mass is 319 g/mol. The number of hydrogen-bond donors (Lipinski definition) is 2. The van der Waals surface area contributed by atoms with E-state index in [0.29, 0.717) is 5.69 Å². The number of anilines is 2. The average molecular weight is 320 g/mol. The Balaban J connectivity index is 2.10. The summed E-state index contributed by atoms with van der Waals surface area (Å²) in [5.74, 6) is 0.738. The van der Waals surface area contributed by atoms with Gasteiger partial charge in [-0.2, -0.15) is 0 Å². The fourth-order valence-electron chi connectivity index (χ4n) is 2.55. The molecule has 0 bridgehead atoms. The molecule has 0 spiro atoms. The summed E-state index contributed by atoms with van der Waals surface area (Å²) in [7, 11) is 0. The molecule has 0 saturated heterocycles. The smallest absolute Gasteiger partial charge is 0.0743 e. The molecule has 3 rings (SSSR count). The first-order chi connectivity index (χ1) is 8.97. The second-order valence-electron chi connectivity index (χ2n) is 5.87. The first kappa shape index (κ1) is 12.7. The molecule has 4 heteroatoms. The Morgan fingerprint density at radius 2 is 2.11 bits per heavy atom. The van der Waals surface area contributed by atoms with Gasteiger partial charge >= 0.3 is 0 Å². The summed E-state index contributed by atoms with van der Waals surface area (Å²) in [4.78, 5) is 4.39. The lowest BCUT2D eigenvalue weighted by Crippen LogP contribution is -2.33. The minimum atomic E-state index is 0.0741. The van der Waals surface area contributed by atoms with Gasteiger partial charge in [0.2, 0.25) is 0 Å². The summed E-state index contributed by atoms with van der Waals surface area (Å²) in [5.41, 5.74) is 8.87. The van der Waals surface area contributed by atoms with Crippen molar-refractivity contribution in [1.29, 1.82) is 0 Å². The predicted octanol–water partition coefficient (Wildman–Crippen LogP) is 4.18. The minimum Gasteiger partial charge on any atom is -0.396 e. The Morgan fingerprint density at radius 1 is 1.37 bits per heavy atom. The van der Waals surface area contributed by atoms with E-state index < -0.39 is 0 Å². The van der Waals surface area contributed by atoms with E-state index in [1.54, 1.807) is 6.20 Å². The van der Waals surface area contributed by atoms with E-state index in [4.69, 9.17) is 5.73 Å². The van der Waals surface area contributed by atoms with Gasteiger partial charge in [-0.15, -0.1) is 0 Å². The summed E-state index contributed by atoms with van der Waals surface area (Å²) in [6.45, 7) is 4.49. The molecule has 19 heavy (non-hydrogen) atoms. The molecule has 0 atom stereocenters. The highest BCUT2D eigenvalue weighted by Gasteiger charge is 2.38. The second-order valence-corrected chi connectivity index (χ2v) is 6.79. The van der Waals surface area contributed by atoms with Gasteiger partial charge in [-0.1, -0.05) is 15.9 Å². The lowest BCUT2D eigenvalue weighted by Gasteiger charge is -2.29. The van der Waals surface area contributed by atoms with Crippen LogP contribution in [0.3, 0.4) is 0 Å². The van der Waals surface area contributed by atoms with E-state index in [2.05, 4.69) is 46.1 Å². The number of pyridine rings is 1. The molecule has 0 amide bonds. The number of nitrogens with one attached hydrogen (secondary N) is 1. The number of halogens is 1. The largest absolute Gasteiger partial charge is 0.396 e. The van der Waals surface area contributed by atoms with Crippen LogP contribution in [0.1, 0.15) is 26.7 Å². The first-order valence-electron chi connectivity index (χ1n) is 6.59. The average Bonchev–Trinajstić information content (AvgIpc) is 3.17. The molecule has 1 aromatic heterocycles. The maximum Gasteiger partial charge on any atom is 0.0743 e. The Hall–Kier alpha value is -1.29. The maximum atomic E-state index is 6.12. The number of hydrogen-bond acceptors (Lipinski definition) is 3. The van der Waals surface area contributed by atoms with Crippen LogP contribution in [0.15, 0.2) is 28.9 Å². The van der Waals surface area contributed by atoms with Crippen molar-refractivity contribution in [3.8, 4) is 0 Å². The van der Waals surface area contributed by atoms with Gasteiger partial charge < -0.3 is 11.1 Å².